The van der Waals surface area contributed by atoms with Crippen LogP contribution in [0.2, 0.25) is 0 Å². The maximum atomic E-state index is 12.2. The van der Waals surface area contributed by atoms with Gasteiger partial charge in [0.25, 0.3) is 0 Å². The van der Waals surface area contributed by atoms with Crippen molar-refractivity contribution in [3.8, 4) is 0 Å². The summed E-state index contributed by atoms with van der Waals surface area (Å²) in [6.07, 6.45) is 0.276. The lowest BCUT2D eigenvalue weighted by Gasteiger charge is -2.17. The summed E-state index contributed by atoms with van der Waals surface area (Å²) in [6, 6.07) is 5.65. The smallest absolute Gasteiger partial charge is 0.312 e. The minimum atomic E-state index is -4.33. The zero-order valence-electron chi connectivity index (χ0n) is 10.7. The molecule has 1 aliphatic rings. The summed E-state index contributed by atoms with van der Waals surface area (Å²) in [5.41, 5.74) is 4.49. The Kier molecular flexibility index (Phi) is 4.64. The lowest BCUT2D eigenvalue weighted by molar-refractivity contribution is -0.117. The summed E-state index contributed by atoms with van der Waals surface area (Å²) >= 11 is -0.194. The van der Waals surface area contributed by atoms with Crippen molar-refractivity contribution >= 4 is 23.4 Å². The number of alkyl halides is 3. The van der Waals surface area contributed by atoms with Crippen LogP contribution in [0.15, 0.2) is 34.3 Å². The third kappa shape index (κ3) is 4.30. The number of anilines is 1. The number of hydrogen-bond donors (Lipinski definition) is 0. The van der Waals surface area contributed by atoms with E-state index in [-0.39, 0.29) is 41.4 Å². The summed E-state index contributed by atoms with van der Waals surface area (Å²) in [6.45, 7) is 0.643. The fourth-order valence-electron chi connectivity index (χ4n) is 2.13. The van der Waals surface area contributed by atoms with Gasteiger partial charge < -0.3 is 4.90 Å². The van der Waals surface area contributed by atoms with Crippen molar-refractivity contribution < 1.29 is 18.0 Å². The molecular formula is C12H11F3N4OS. The first-order valence-electron chi connectivity index (χ1n) is 6.06. The summed E-state index contributed by atoms with van der Waals surface area (Å²) in [4.78, 5) is 16.1. The Morgan fingerprint density at radius 3 is 2.62 bits per heavy atom. The Labute approximate surface area is 122 Å². The molecule has 0 spiro atoms. The predicted molar refractivity (Wildman–Crippen MR) is 72.8 cm³/mol. The maximum Gasteiger partial charge on any atom is 0.446 e. The number of hydrogen-bond acceptors (Lipinski definition) is 3. The summed E-state index contributed by atoms with van der Waals surface area (Å²) in [5, 5.41) is 3.44. The van der Waals surface area contributed by atoms with E-state index in [1.807, 2.05) is 0 Å². The van der Waals surface area contributed by atoms with E-state index in [1.54, 1.807) is 0 Å². The molecule has 9 heteroatoms. The standard InChI is InChI=1S/C12H11F3N4OS/c13-12(14,15)21-10-3-1-9(2-4-10)19-7-8(5-11(19)20)6-17-18-16/h1-4,8H,5-7H2. The molecular weight excluding hydrogens is 305 g/mol. The predicted octanol–water partition coefficient (Wildman–Crippen LogP) is 3.96. The van der Waals surface area contributed by atoms with E-state index >= 15 is 0 Å². The zero-order chi connectivity index (χ0) is 15.5. The van der Waals surface area contributed by atoms with Crippen molar-refractivity contribution in [3.63, 3.8) is 0 Å². The fourth-order valence-corrected chi connectivity index (χ4v) is 2.67. The average Bonchev–Trinajstić information content (AvgIpc) is 2.77. The van der Waals surface area contributed by atoms with Crippen molar-refractivity contribution in [2.45, 2.75) is 16.8 Å². The van der Waals surface area contributed by atoms with Gasteiger partial charge >= 0.3 is 5.51 Å². The van der Waals surface area contributed by atoms with E-state index in [1.165, 1.54) is 29.2 Å². The minimum absolute atomic E-state index is 0.0578. The number of benzene rings is 1. The van der Waals surface area contributed by atoms with E-state index in [2.05, 4.69) is 10.0 Å². The van der Waals surface area contributed by atoms with E-state index in [4.69, 9.17) is 5.53 Å². The first-order valence-corrected chi connectivity index (χ1v) is 6.88. The lowest BCUT2D eigenvalue weighted by Crippen LogP contribution is -2.24. The molecule has 0 aliphatic carbocycles. The second kappa shape index (κ2) is 6.28. The largest absolute Gasteiger partial charge is 0.446 e. The molecule has 1 amide bonds. The molecule has 1 aromatic rings. The van der Waals surface area contributed by atoms with Gasteiger partial charge in [-0.15, -0.1) is 0 Å². The molecule has 5 nitrogen and oxygen atoms in total. The highest BCUT2D eigenvalue weighted by molar-refractivity contribution is 8.00. The molecule has 1 heterocycles. The number of azide groups is 1. The number of carbonyl (C=O) groups is 1. The lowest BCUT2D eigenvalue weighted by atomic mass is 10.1. The van der Waals surface area contributed by atoms with Gasteiger partial charge in [0.1, 0.15) is 0 Å². The molecule has 1 atom stereocenters. The Bertz CT molecular complexity index is 569. The van der Waals surface area contributed by atoms with Crippen LogP contribution < -0.4 is 4.90 Å². The molecule has 1 unspecified atom stereocenters. The molecule has 0 bridgehead atoms. The number of halogens is 3. The summed E-state index contributed by atoms with van der Waals surface area (Å²) in [7, 11) is 0. The van der Waals surface area contributed by atoms with Gasteiger partial charge in [-0.3, -0.25) is 4.79 Å². The summed E-state index contributed by atoms with van der Waals surface area (Å²) < 4.78 is 36.7. The molecule has 1 saturated heterocycles. The molecule has 0 N–H and O–H groups in total. The van der Waals surface area contributed by atoms with Gasteiger partial charge in [0, 0.05) is 35.0 Å². The van der Waals surface area contributed by atoms with Gasteiger partial charge in [-0.1, -0.05) is 5.11 Å². The molecule has 0 aromatic heterocycles. The Morgan fingerprint density at radius 2 is 2.05 bits per heavy atom. The SMILES string of the molecule is [N-]=[N+]=NCC1CC(=O)N(c2ccc(SC(F)(F)F)cc2)C1. The van der Waals surface area contributed by atoms with Gasteiger partial charge in [-0.25, -0.2) is 0 Å². The van der Waals surface area contributed by atoms with Gasteiger partial charge in [0.05, 0.1) is 0 Å². The van der Waals surface area contributed by atoms with E-state index in [0.29, 0.717) is 12.2 Å². The molecule has 112 valence electrons. The molecule has 0 radical (unpaired) electrons. The number of amides is 1. The van der Waals surface area contributed by atoms with Crippen LogP contribution in [-0.2, 0) is 4.79 Å². The van der Waals surface area contributed by atoms with Crippen LogP contribution in [0.4, 0.5) is 18.9 Å². The highest BCUT2D eigenvalue weighted by Crippen LogP contribution is 2.37. The third-order valence-electron chi connectivity index (χ3n) is 2.99. The van der Waals surface area contributed by atoms with Gasteiger partial charge in [0.2, 0.25) is 5.91 Å². The van der Waals surface area contributed by atoms with Crippen LogP contribution in [0.1, 0.15) is 6.42 Å². The minimum Gasteiger partial charge on any atom is -0.312 e. The van der Waals surface area contributed by atoms with Crippen LogP contribution >= 0.6 is 11.8 Å². The van der Waals surface area contributed by atoms with Gasteiger partial charge in [-0.2, -0.15) is 13.2 Å². The number of rotatable bonds is 4. The Hall–Kier alpha value is -1.86. The van der Waals surface area contributed by atoms with E-state index in [0.717, 1.165) is 0 Å². The quantitative estimate of drug-likeness (QED) is 0.365. The molecule has 1 aromatic carbocycles. The molecule has 1 aliphatic heterocycles. The Balaban J connectivity index is 2.05. The van der Waals surface area contributed by atoms with Crippen molar-refractivity contribution in [2.24, 2.45) is 11.0 Å². The Morgan fingerprint density at radius 1 is 1.38 bits per heavy atom. The molecule has 1 fully saturated rings. The maximum absolute atomic E-state index is 12.2. The van der Waals surface area contributed by atoms with Crippen LogP contribution in [0.3, 0.4) is 0 Å². The van der Waals surface area contributed by atoms with Gasteiger partial charge in [0.15, 0.2) is 0 Å². The third-order valence-corrected chi connectivity index (χ3v) is 3.73. The van der Waals surface area contributed by atoms with Crippen molar-refractivity contribution in [3.05, 3.63) is 34.7 Å². The molecule has 2 rings (SSSR count). The number of carbonyl (C=O) groups excluding carboxylic acids is 1. The fraction of sp³-hybridized carbons (Fsp3) is 0.417. The van der Waals surface area contributed by atoms with Crippen LogP contribution in [0, 0.1) is 5.92 Å². The van der Waals surface area contributed by atoms with Crippen LogP contribution in [-0.4, -0.2) is 24.5 Å². The topological polar surface area (TPSA) is 69.1 Å². The first-order chi connectivity index (χ1) is 9.89. The van der Waals surface area contributed by atoms with Crippen LogP contribution in [0.25, 0.3) is 10.4 Å². The molecule has 0 saturated carbocycles. The number of thioether (sulfide) groups is 1. The van der Waals surface area contributed by atoms with E-state index < -0.39 is 5.51 Å². The first kappa shape index (κ1) is 15.5. The monoisotopic (exact) mass is 316 g/mol. The van der Waals surface area contributed by atoms with Crippen molar-refractivity contribution in [1.29, 1.82) is 0 Å². The van der Waals surface area contributed by atoms with Crippen LogP contribution in [0.5, 0.6) is 0 Å². The second-order valence-electron chi connectivity index (χ2n) is 4.53. The van der Waals surface area contributed by atoms with E-state index in [9.17, 15) is 18.0 Å². The van der Waals surface area contributed by atoms with Crippen molar-refractivity contribution in [1.82, 2.24) is 0 Å². The van der Waals surface area contributed by atoms with Crippen molar-refractivity contribution in [2.75, 3.05) is 18.0 Å². The number of nitrogens with zero attached hydrogens (tertiary/aromatic N) is 4. The second-order valence-corrected chi connectivity index (χ2v) is 5.67. The zero-order valence-corrected chi connectivity index (χ0v) is 11.6. The average molecular weight is 316 g/mol. The highest BCUT2D eigenvalue weighted by atomic mass is 32.2. The highest BCUT2D eigenvalue weighted by Gasteiger charge is 2.31. The normalized spacial score (nSPS) is 18.7. The summed E-state index contributed by atoms with van der Waals surface area (Å²) in [5.74, 6) is -0.179. The van der Waals surface area contributed by atoms with Gasteiger partial charge in [-0.05, 0) is 47.5 Å². The molecule has 21 heavy (non-hydrogen) atoms.